The third kappa shape index (κ3) is 2.21. The summed E-state index contributed by atoms with van der Waals surface area (Å²) >= 11 is 1.70. The number of carbonyl (C=O) groups is 1. The van der Waals surface area contributed by atoms with Crippen LogP contribution in [0.25, 0.3) is 0 Å². The van der Waals surface area contributed by atoms with E-state index in [1.807, 2.05) is 0 Å². The summed E-state index contributed by atoms with van der Waals surface area (Å²) in [6, 6.07) is 2.56. The zero-order valence-electron chi connectivity index (χ0n) is 11.6. The molecular weight excluding hydrogens is 256 g/mol. The SMILES string of the molecule is CCC1NC(c2ccsc2)N(C2CCCC2C)C1=O. The lowest BCUT2D eigenvalue weighted by Gasteiger charge is -2.32. The summed E-state index contributed by atoms with van der Waals surface area (Å²) in [5.41, 5.74) is 1.24. The van der Waals surface area contributed by atoms with Gasteiger partial charge in [0.2, 0.25) is 5.91 Å². The molecule has 4 atom stereocenters. The summed E-state index contributed by atoms with van der Waals surface area (Å²) in [5.74, 6) is 0.931. The van der Waals surface area contributed by atoms with E-state index in [-0.39, 0.29) is 12.2 Å². The summed E-state index contributed by atoms with van der Waals surface area (Å²) in [6.07, 6.45) is 4.63. The zero-order chi connectivity index (χ0) is 13.4. The van der Waals surface area contributed by atoms with Crippen molar-refractivity contribution in [3.8, 4) is 0 Å². The van der Waals surface area contributed by atoms with E-state index in [1.54, 1.807) is 11.3 Å². The van der Waals surface area contributed by atoms with Gasteiger partial charge in [-0.1, -0.05) is 20.3 Å². The maximum atomic E-state index is 12.6. The van der Waals surface area contributed by atoms with Gasteiger partial charge in [0, 0.05) is 6.04 Å². The van der Waals surface area contributed by atoms with Crippen LogP contribution in [-0.4, -0.2) is 22.9 Å². The quantitative estimate of drug-likeness (QED) is 0.921. The Bertz CT molecular complexity index is 445. The third-order valence-electron chi connectivity index (χ3n) is 4.63. The van der Waals surface area contributed by atoms with Gasteiger partial charge in [0.1, 0.15) is 6.17 Å². The van der Waals surface area contributed by atoms with Crippen LogP contribution in [0.5, 0.6) is 0 Å². The van der Waals surface area contributed by atoms with E-state index in [2.05, 4.69) is 40.9 Å². The second-order valence-corrected chi connectivity index (χ2v) is 6.59. The molecule has 1 saturated carbocycles. The molecule has 3 rings (SSSR count). The molecule has 2 heterocycles. The van der Waals surface area contributed by atoms with Crippen LogP contribution in [-0.2, 0) is 4.79 Å². The maximum Gasteiger partial charge on any atom is 0.241 e. The lowest BCUT2D eigenvalue weighted by molar-refractivity contribution is -0.133. The average molecular weight is 278 g/mol. The number of rotatable bonds is 3. The van der Waals surface area contributed by atoms with Gasteiger partial charge in [-0.25, -0.2) is 0 Å². The molecule has 4 heteroatoms. The number of hydrogen-bond acceptors (Lipinski definition) is 3. The Labute approximate surface area is 119 Å². The highest BCUT2D eigenvalue weighted by molar-refractivity contribution is 7.07. The number of hydrogen-bond donors (Lipinski definition) is 1. The van der Waals surface area contributed by atoms with Crippen molar-refractivity contribution >= 4 is 17.2 Å². The Morgan fingerprint density at radius 3 is 2.89 bits per heavy atom. The van der Waals surface area contributed by atoms with Crippen LogP contribution in [0.2, 0.25) is 0 Å². The van der Waals surface area contributed by atoms with Crippen molar-refractivity contribution < 1.29 is 4.79 Å². The molecule has 1 N–H and O–H groups in total. The highest BCUT2D eigenvalue weighted by atomic mass is 32.1. The predicted molar refractivity (Wildman–Crippen MR) is 77.9 cm³/mol. The van der Waals surface area contributed by atoms with Gasteiger partial charge in [-0.3, -0.25) is 10.1 Å². The second-order valence-electron chi connectivity index (χ2n) is 5.81. The number of nitrogens with zero attached hydrogens (tertiary/aromatic N) is 1. The number of nitrogens with one attached hydrogen (secondary N) is 1. The Balaban J connectivity index is 1.90. The van der Waals surface area contributed by atoms with Crippen LogP contribution >= 0.6 is 11.3 Å². The number of amides is 1. The van der Waals surface area contributed by atoms with Crippen molar-refractivity contribution in [1.29, 1.82) is 0 Å². The highest BCUT2D eigenvalue weighted by Gasteiger charge is 2.44. The van der Waals surface area contributed by atoms with Gasteiger partial charge < -0.3 is 4.90 Å². The molecular formula is C15H22N2OS. The topological polar surface area (TPSA) is 32.3 Å². The number of carbonyl (C=O) groups excluding carboxylic acids is 1. The normalized spacial score (nSPS) is 35.3. The molecule has 0 spiro atoms. The van der Waals surface area contributed by atoms with Gasteiger partial charge in [-0.05, 0) is 47.6 Å². The van der Waals surface area contributed by atoms with E-state index < -0.39 is 0 Å². The van der Waals surface area contributed by atoms with Crippen molar-refractivity contribution in [2.24, 2.45) is 5.92 Å². The molecule has 104 valence electrons. The van der Waals surface area contributed by atoms with Crippen molar-refractivity contribution in [3.63, 3.8) is 0 Å². The van der Waals surface area contributed by atoms with Crippen LogP contribution in [0.4, 0.5) is 0 Å². The Kier molecular flexibility index (Phi) is 3.63. The fourth-order valence-corrected chi connectivity index (χ4v) is 4.20. The van der Waals surface area contributed by atoms with Gasteiger partial charge in [0.05, 0.1) is 6.04 Å². The Morgan fingerprint density at radius 1 is 1.47 bits per heavy atom. The highest BCUT2D eigenvalue weighted by Crippen LogP contribution is 2.38. The fraction of sp³-hybridized carbons (Fsp3) is 0.667. The first-order valence-electron chi connectivity index (χ1n) is 7.32. The minimum Gasteiger partial charge on any atom is -0.318 e. The predicted octanol–water partition coefficient (Wildman–Crippen LogP) is 3.15. The summed E-state index contributed by atoms with van der Waals surface area (Å²) in [7, 11) is 0. The van der Waals surface area contributed by atoms with Crippen molar-refractivity contribution in [2.45, 2.75) is 57.8 Å². The summed E-state index contributed by atoms with van der Waals surface area (Å²) in [5, 5.41) is 7.78. The summed E-state index contributed by atoms with van der Waals surface area (Å²) < 4.78 is 0. The fourth-order valence-electron chi connectivity index (χ4n) is 3.52. The first-order chi connectivity index (χ1) is 9.22. The lowest BCUT2D eigenvalue weighted by atomic mass is 10.0. The van der Waals surface area contributed by atoms with E-state index in [0.29, 0.717) is 17.9 Å². The lowest BCUT2D eigenvalue weighted by Crippen LogP contribution is -2.41. The molecule has 1 saturated heterocycles. The molecule has 0 bridgehead atoms. The first kappa shape index (κ1) is 13.1. The molecule has 0 aromatic carbocycles. The third-order valence-corrected chi connectivity index (χ3v) is 5.33. The van der Waals surface area contributed by atoms with E-state index in [4.69, 9.17) is 0 Å². The molecule has 0 radical (unpaired) electrons. The first-order valence-corrected chi connectivity index (χ1v) is 8.27. The molecule has 1 aliphatic heterocycles. The van der Waals surface area contributed by atoms with E-state index >= 15 is 0 Å². The van der Waals surface area contributed by atoms with Gasteiger partial charge in [0.25, 0.3) is 0 Å². The molecule has 4 unspecified atom stereocenters. The van der Waals surface area contributed by atoms with Gasteiger partial charge in [0.15, 0.2) is 0 Å². The zero-order valence-corrected chi connectivity index (χ0v) is 12.5. The molecule has 1 aliphatic carbocycles. The van der Waals surface area contributed by atoms with Gasteiger partial charge in [-0.15, -0.1) is 0 Å². The molecule has 1 amide bonds. The van der Waals surface area contributed by atoms with Gasteiger partial charge in [-0.2, -0.15) is 11.3 Å². The number of thiophene rings is 1. The minimum absolute atomic E-state index is 0.00213. The van der Waals surface area contributed by atoms with Crippen LogP contribution in [0.1, 0.15) is 51.3 Å². The molecule has 2 aliphatic rings. The van der Waals surface area contributed by atoms with E-state index in [1.165, 1.54) is 18.4 Å². The Morgan fingerprint density at radius 2 is 2.32 bits per heavy atom. The standard InChI is InChI=1S/C15H22N2OS/c1-3-12-15(18)17(13-6-4-5-10(13)2)14(16-12)11-7-8-19-9-11/h7-10,12-14,16H,3-6H2,1-2H3. The molecule has 3 nitrogen and oxygen atoms in total. The van der Waals surface area contributed by atoms with Crippen molar-refractivity contribution in [1.82, 2.24) is 10.2 Å². The second kappa shape index (κ2) is 5.25. The molecule has 2 fully saturated rings. The molecule has 1 aromatic rings. The van der Waals surface area contributed by atoms with Crippen LogP contribution in [0.15, 0.2) is 16.8 Å². The largest absolute Gasteiger partial charge is 0.318 e. The van der Waals surface area contributed by atoms with E-state index in [0.717, 1.165) is 12.8 Å². The van der Waals surface area contributed by atoms with Crippen molar-refractivity contribution in [2.75, 3.05) is 0 Å². The minimum atomic E-state index is -0.00213. The Hall–Kier alpha value is -0.870. The summed E-state index contributed by atoms with van der Waals surface area (Å²) in [6.45, 7) is 4.37. The molecule has 19 heavy (non-hydrogen) atoms. The van der Waals surface area contributed by atoms with Crippen molar-refractivity contribution in [3.05, 3.63) is 22.4 Å². The van der Waals surface area contributed by atoms with Crippen LogP contribution < -0.4 is 5.32 Å². The maximum absolute atomic E-state index is 12.6. The average Bonchev–Trinajstić information content (AvgIpc) is 3.09. The smallest absolute Gasteiger partial charge is 0.241 e. The summed E-state index contributed by atoms with van der Waals surface area (Å²) in [4.78, 5) is 14.8. The monoisotopic (exact) mass is 278 g/mol. The van der Waals surface area contributed by atoms with Crippen LogP contribution in [0, 0.1) is 5.92 Å². The van der Waals surface area contributed by atoms with Gasteiger partial charge >= 0.3 is 0 Å². The molecule has 1 aromatic heterocycles. The van der Waals surface area contributed by atoms with Crippen LogP contribution in [0.3, 0.4) is 0 Å². The van der Waals surface area contributed by atoms with E-state index in [9.17, 15) is 4.79 Å².